The van der Waals surface area contributed by atoms with E-state index < -0.39 is 80.4 Å². The van der Waals surface area contributed by atoms with Gasteiger partial charge in [-0.1, -0.05) is 6.08 Å². The molecule has 0 aliphatic rings. The molecule has 0 aromatic heterocycles. The zero-order valence-corrected chi connectivity index (χ0v) is 56.4. The molecule has 0 amide bonds. The van der Waals surface area contributed by atoms with E-state index in [1.165, 1.54) is 0 Å². The number of halogens is 3. The van der Waals surface area contributed by atoms with E-state index in [-0.39, 0.29) is 45.0 Å². The van der Waals surface area contributed by atoms with Crippen LogP contribution in [0.2, 0.25) is 124 Å². The van der Waals surface area contributed by atoms with Gasteiger partial charge >= 0.3 is 25.7 Å². The topological polar surface area (TPSA) is 133 Å². The van der Waals surface area contributed by atoms with Crippen molar-refractivity contribution >= 4 is 129 Å². The third-order valence-corrected chi connectivity index (χ3v) is 31.0. The normalized spacial score (nSPS) is 15.0. The summed E-state index contributed by atoms with van der Waals surface area (Å²) in [6, 6.07) is 0.777. The molecule has 354 valence electrons. The van der Waals surface area contributed by atoms with Crippen LogP contribution in [-0.2, 0) is 64.7 Å². The molecule has 0 fully saturated rings. The van der Waals surface area contributed by atoms with Gasteiger partial charge in [0.25, 0.3) is 9.28 Å². The fourth-order valence-corrected chi connectivity index (χ4v) is 37.0. The van der Waals surface area contributed by atoms with Gasteiger partial charge in [0.05, 0.1) is 58.5 Å². The molecule has 0 saturated heterocycles. The van der Waals surface area contributed by atoms with E-state index in [0.29, 0.717) is 52.9 Å². The number of rotatable bonds is 27. The largest absolute Gasteiger partial charge is 0.439 e. The van der Waals surface area contributed by atoms with E-state index in [4.69, 9.17) is 53.9 Å². The molecule has 0 aromatic carbocycles. The van der Waals surface area contributed by atoms with Gasteiger partial charge in [-0.15, -0.1) is 30.6 Å². The molecular weight excluding hydrogens is 1390 g/mol. The number of aliphatic hydroxyl groups excluding tert-OH is 2. The Kier molecular flexibility index (Phi) is 47.1. The van der Waals surface area contributed by atoms with Gasteiger partial charge < -0.3 is 53.9 Å². The summed E-state index contributed by atoms with van der Waals surface area (Å²) >= 11 is 4.24. The summed E-state index contributed by atoms with van der Waals surface area (Å²) in [7, 11) is -14.5. The number of ether oxygens (including phenoxy) is 4. The summed E-state index contributed by atoms with van der Waals surface area (Å²) in [5.41, 5.74) is 0. The fourth-order valence-electron chi connectivity index (χ4n) is 5.00. The first-order valence-electron chi connectivity index (χ1n) is 19.2. The van der Waals surface area contributed by atoms with Gasteiger partial charge in [-0.2, -0.15) is 0 Å². The Morgan fingerprint density at radius 3 is 1.26 bits per heavy atom. The van der Waals surface area contributed by atoms with Crippen molar-refractivity contribution in [2.45, 2.75) is 150 Å². The number of hydrogen-bond acceptors (Lipinski definition) is 12. The first kappa shape index (κ1) is 72.5. The Labute approximate surface area is 415 Å². The molecule has 0 heterocycles. The van der Waals surface area contributed by atoms with Gasteiger partial charge in [-0.25, -0.2) is 0 Å². The molecule has 24 heteroatoms. The van der Waals surface area contributed by atoms with Crippen molar-refractivity contribution in [3.63, 3.8) is 0 Å². The molecule has 0 bridgehead atoms. The van der Waals surface area contributed by atoms with E-state index in [1.807, 2.05) is 0 Å². The van der Waals surface area contributed by atoms with Crippen molar-refractivity contribution in [3.05, 3.63) is 12.7 Å². The van der Waals surface area contributed by atoms with Crippen LogP contribution in [-0.4, -0.2) is 144 Å². The maximum absolute atomic E-state index is 9.16. The first-order valence-corrected chi connectivity index (χ1v) is 49.4. The SMILES string of the molecule is C=CCOCCOCC(C)O.CC(O)COCCOCC[Si](C)(O[Si](C)(C)C)O[Si](C)(C)O[Si](C)(C)C.C[SiH](O[Si](C)(C)C)O[Si](C)(C)O[Si](C)(C)C.I.II.[Pt]. The van der Waals surface area contributed by atoms with Crippen molar-refractivity contribution in [2.24, 2.45) is 0 Å². The Morgan fingerprint density at radius 2 is 0.912 bits per heavy atom. The van der Waals surface area contributed by atoms with E-state index in [2.05, 4.69) is 162 Å². The molecule has 57 heavy (non-hydrogen) atoms. The smallest absolute Gasteiger partial charge is 0.318 e. The molecule has 2 N–H and O–H groups in total. The van der Waals surface area contributed by atoms with Gasteiger partial charge in [-0.3, -0.25) is 0 Å². The second-order valence-electron chi connectivity index (χ2n) is 18.2. The Bertz CT molecular complexity index is 946. The average molecular weight is 1480 g/mol. The molecule has 4 unspecified atom stereocenters. The third kappa shape index (κ3) is 62.0. The van der Waals surface area contributed by atoms with Crippen molar-refractivity contribution < 1.29 is 74.9 Å². The first-order chi connectivity index (χ1) is 24.6. The van der Waals surface area contributed by atoms with Crippen LogP contribution in [0.5, 0.6) is 0 Å². The van der Waals surface area contributed by atoms with E-state index in [9.17, 15) is 0 Å². The molecule has 12 nitrogen and oxygen atoms in total. The minimum absolute atomic E-state index is 0. The van der Waals surface area contributed by atoms with E-state index >= 15 is 0 Å². The Morgan fingerprint density at radius 1 is 0.544 bits per heavy atom. The molecule has 0 rings (SSSR count). The van der Waals surface area contributed by atoms with Gasteiger partial charge in [-0.05, 0) is 132 Å². The van der Waals surface area contributed by atoms with Crippen LogP contribution in [0.4, 0.5) is 0 Å². The average Bonchev–Trinajstić information content (AvgIpc) is 2.90. The molecule has 0 spiro atoms. The summed E-state index contributed by atoms with van der Waals surface area (Å²) in [6.45, 7) is 50.0. The van der Waals surface area contributed by atoms with Crippen LogP contribution < -0.4 is 0 Å². The third-order valence-electron chi connectivity index (χ3n) is 5.46. The number of aliphatic hydroxyl groups is 2. The summed E-state index contributed by atoms with van der Waals surface area (Å²) in [6.07, 6.45) is 0.853. The van der Waals surface area contributed by atoms with Gasteiger partial charge in [0.2, 0.25) is 0 Å². The second kappa shape index (κ2) is 37.0. The Balaban J connectivity index is -0.000000180. The van der Waals surface area contributed by atoms with E-state index in [0.717, 1.165) is 6.04 Å². The molecule has 0 aliphatic heterocycles. The van der Waals surface area contributed by atoms with E-state index in [1.54, 1.807) is 19.9 Å². The molecular formula is C33H87I3O12PtSi8. The minimum atomic E-state index is -2.39. The van der Waals surface area contributed by atoms with Crippen LogP contribution in [0.1, 0.15) is 13.8 Å². The quantitative estimate of drug-likeness (QED) is 0.0351. The monoisotopic (exact) mass is 1480 g/mol. The standard InChI is InChI=1S/C16H42O6Si4.C9H28O3Si4.C8H16O3.I2.HI.Pt/c1-16(17)15-19-12-11-18-13-14-26(10,21-24(5,6)7)22-25(8,9)20-23(2,3)4;1-13(10-14(2,3)4)11-16(8,9)12-15(5,6)7;1-3-4-10-5-6-11-7-8(2)9;1-2;;/h16-17H,11-15H2,1-10H3;13H,1-9H3;3,8-9H,1,4-7H2,2H3;;1H;. The maximum atomic E-state index is 9.16. The van der Waals surface area contributed by atoms with Crippen LogP contribution in [0, 0.1) is 0 Å². The number of hydrogen-bond donors (Lipinski definition) is 2. The fraction of sp³-hybridized carbons (Fsp3) is 0.939. The molecule has 0 aliphatic carbocycles. The predicted molar refractivity (Wildman–Crippen MR) is 285 cm³/mol. The van der Waals surface area contributed by atoms with Crippen LogP contribution in [0.25, 0.3) is 0 Å². The summed E-state index contributed by atoms with van der Waals surface area (Å²) < 4.78 is 58.8. The predicted octanol–water partition coefficient (Wildman–Crippen LogP) is 10.1. The van der Waals surface area contributed by atoms with Gasteiger partial charge in [0.15, 0.2) is 33.3 Å². The molecule has 0 aromatic rings. The van der Waals surface area contributed by atoms with Gasteiger partial charge in [0.1, 0.15) is 0 Å². The Hall–Kier alpha value is 3.87. The van der Waals surface area contributed by atoms with Crippen molar-refractivity contribution in [2.75, 3.05) is 52.9 Å². The molecule has 0 radical (unpaired) electrons. The van der Waals surface area contributed by atoms with Gasteiger partial charge in [0, 0.05) is 70.9 Å². The zero-order chi connectivity index (χ0) is 44.4. The molecule has 0 saturated carbocycles. The maximum Gasteiger partial charge on any atom is 0.318 e. The van der Waals surface area contributed by atoms with Crippen LogP contribution in [0.3, 0.4) is 0 Å². The minimum Gasteiger partial charge on any atom is -0.439 e. The van der Waals surface area contributed by atoms with Crippen LogP contribution >= 0.6 is 61.2 Å². The summed E-state index contributed by atoms with van der Waals surface area (Å²) in [4.78, 5) is 0. The van der Waals surface area contributed by atoms with Crippen molar-refractivity contribution in [1.82, 2.24) is 0 Å². The van der Waals surface area contributed by atoms with Crippen molar-refractivity contribution in [1.29, 1.82) is 0 Å². The summed E-state index contributed by atoms with van der Waals surface area (Å²) in [5.74, 6) is 0. The molecule has 4 atom stereocenters. The summed E-state index contributed by atoms with van der Waals surface area (Å²) in [5, 5.41) is 17.9. The van der Waals surface area contributed by atoms with Crippen LogP contribution in [0.15, 0.2) is 12.7 Å². The second-order valence-corrected chi connectivity index (χ2v) is 49.7. The zero-order valence-electron chi connectivity index (χ0n) is 39.3. The van der Waals surface area contributed by atoms with Crippen molar-refractivity contribution in [3.8, 4) is 0 Å².